The summed E-state index contributed by atoms with van der Waals surface area (Å²) in [5.74, 6) is 5.98. The summed E-state index contributed by atoms with van der Waals surface area (Å²) in [6.07, 6.45) is 0. The monoisotopic (exact) mass is 293 g/mol. The number of halogens is 1. The van der Waals surface area contributed by atoms with Crippen molar-refractivity contribution in [1.29, 1.82) is 0 Å². The molecule has 0 saturated carbocycles. The molecule has 3 N–H and O–H groups in total. The fourth-order valence-corrected chi connectivity index (χ4v) is 2.33. The number of nitrogens with one attached hydrogen (secondary N) is 1. The van der Waals surface area contributed by atoms with E-state index in [1.165, 1.54) is 5.56 Å². The number of rotatable bonds is 2. The Morgan fingerprint density at radius 1 is 1.35 bits per heavy atom. The second-order valence-corrected chi connectivity index (χ2v) is 5.34. The number of nitrogens with zero attached hydrogens (tertiary/aromatic N) is 1. The molecule has 90 valence electrons. The van der Waals surface area contributed by atoms with Crippen molar-refractivity contribution in [3.63, 3.8) is 0 Å². The molecule has 1 aromatic heterocycles. The zero-order valence-electron chi connectivity index (χ0n) is 10.2. The zero-order chi connectivity index (χ0) is 12.6. The van der Waals surface area contributed by atoms with Crippen LogP contribution in [0.3, 0.4) is 0 Å². The standard InChI is InChI=1S/C13H16BrN3/c1-7(2)10-6-11(17-15)12-8(3)4-5-9(14)13(12)16-10/h4-7H,15H2,1-3H3,(H,16,17). The van der Waals surface area contributed by atoms with Crippen LogP contribution in [0.15, 0.2) is 22.7 Å². The molecule has 2 aromatic rings. The molecule has 0 bridgehead atoms. The average Bonchev–Trinajstić information content (AvgIpc) is 2.32. The van der Waals surface area contributed by atoms with Crippen LogP contribution in [0, 0.1) is 6.92 Å². The summed E-state index contributed by atoms with van der Waals surface area (Å²) in [5, 5.41) is 1.08. The van der Waals surface area contributed by atoms with E-state index >= 15 is 0 Å². The Morgan fingerprint density at radius 3 is 2.65 bits per heavy atom. The number of hydrogen-bond donors (Lipinski definition) is 2. The topological polar surface area (TPSA) is 50.9 Å². The molecule has 3 nitrogen and oxygen atoms in total. The van der Waals surface area contributed by atoms with Crippen LogP contribution in [0.1, 0.15) is 31.0 Å². The Balaban J connectivity index is 2.87. The van der Waals surface area contributed by atoms with E-state index in [0.717, 1.165) is 26.8 Å². The summed E-state index contributed by atoms with van der Waals surface area (Å²) >= 11 is 3.55. The van der Waals surface area contributed by atoms with E-state index in [2.05, 4.69) is 48.2 Å². The number of benzene rings is 1. The molecule has 0 amide bonds. The number of aromatic nitrogens is 1. The Morgan fingerprint density at radius 2 is 2.06 bits per heavy atom. The summed E-state index contributed by atoms with van der Waals surface area (Å²) < 4.78 is 0.997. The molecule has 2 rings (SSSR count). The molecule has 17 heavy (non-hydrogen) atoms. The van der Waals surface area contributed by atoms with Crippen molar-refractivity contribution in [2.45, 2.75) is 26.7 Å². The average molecular weight is 294 g/mol. The summed E-state index contributed by atoms with van der Waals surface area (Å²) in [6.45, 7) is 6.31. The van der Waals surface area contributed by atoms with Gasteiger partial charge in [-0.05, 0) is 46.5 Å². The summed E-state index contributed by atoms with van der Waals surface area (Å²) in [7, 11) is 0. The molecule has 0 unspecified atom stereocenters. The number of nitrogens with two attached hydrogens (primary N) is 1. The highest BCUT2D eigenvalue weighted by atomic mass is 79.9. The zero-order valence-corrected chi connectivity index (χ0v) is 11.8. The third-order valence-corrected chi connectivity index (χ3v) is 3.53. The largest absolute Gasteiger partial charge is 0.323 e. The van der Waals surface area contributed by atoms with Crippen molar-refractivity contribution in [1.82, 2.24) is 4.98 Å². The number of pyridine rings is 1. The lowest BCUT2D eigenvalue weighted by molar-refractivity contribution is 0.830. The molecule has 0 aliphatic rings. The molecule has 0 aliphatic heterocycles. The summed E-state index contributed by atoms with van der Waals surface area (Å²) in [4.78, 5) is 4.70. The van der Waals surface area contributed by atoms with E-state index in [1.54, 1.807) is 0 Å². The van der Waals surface area contributed by atoms with Gasteiger partial charge in [-0.1, -0.05) is 19.9 Å². The second-order valence-electron chi connectivity index (χ2n) is 4.48. The van der Waals surface area contributed by atoms with E-state index in [9.17, 15) is 0 Å². The third-order valence-electron chi connectivity index (χ3n) is 2.89. The smallest absolute Gasteiger partial charge is 0.0871 e. The first-order valence-electron chi connectivity index (χ1n) is 5.61. The third kappa shape index (κ3) is 2.15. The molecule has 0 radical (unpaired) electrons. The molecule has 4 heteroatoms. The van der Waals surface area contributed by atoms with Gasteiger partial charge in [0.25, 0.3) is 0 Å². The van der Waals surface area contributed by atoms with Crippen LogP contribution in [0.2, 0.25) is 0 Å². The highest BCUT2D eigenvalue weighted by Gasteiger charge is 2.11. The maximum atomic E-state index is 5.61. The Labute approximate surface area is 110 Å². The molecule has 1 aromatic carbocycles. The highest BCUT2D eigenvalue weighted by Crippen LogP contribution is 2.32. The van der Waals surface area contributed by atoms with Crippen LogP contribution >= 0.6 is 15.9 Å². The minimum absolute atomic E-state index is 0.374. The van der Waals surface area contributed by atoms with Gasteiger partial charge in [-0.15, -0.1) is 0 Å². The number of aryl methyl sites for hydroxylation is 1. The van der Waals surface area contributed by atoms with Gasteiger partial charge >= 0.3 is 0 Å². The summed E-state index contributed by atoms with van der Waals surface area (Å²) in [5.41, 5.74) is 6.87. The molecule has 0 atom stereocenters. The number of nitrogen functional groups attached to an aromatic ring is 1. The van der Waals surface area contributed by atoms with Gasteiger partial charge in [0.2, 0.25) is 0 Å². The number of anilines is 1. The van der Waals surface area contributed by atoms with Crippen LogP contribution in [-0.4, -0.2) is 4.98 Å². The lowest BCUT2D eigenvalue weighted by Crippen LogP contribution is -2.09. The fraction of sp³-hybridized carbons (Fsp3) is 0.308. The van der Waals surface area contributed by atoms with Crippen LogP contribution in [-0.2, 0) is 0 Å². The predicted octanol–water partition coefficient (Wildman–Crippen LogP) is 3.71. The first kappa shape index (κ1) is 12.3. The normalized spacial score (nSPS) is 11.2. The number of hydrazine groups is 1. The van der Waals surface area contributed by atoms with E-state index in [0.29, 0.717) is 5.92 Å². The van der Waals surface area contributed by atoms with Crippen molar-refractivity contribution in [2.24, 2.45) is 5.84 Å². The Bertz CT molecular complexity index is 564. The van der Waals surface area contributed by atoms with E-state index < -0.39 is 0 Å². The molecule has 0 aliphatic carbocycles. The Hall–Kier alpha value is -1.13. The van der Waals surface area contributed by atoms with Crippen LogP contribution in [0.25, 0.3) is 10.9 Å². The maximum Gasteiger partial charge on any atom is 0.0871 e. The molecule has 1 heterocycles. The fourth-order valence-electron chi connectivity index (χ4n) is 1.91. The van der Waals surface area contributed by atoms with Crippen LogP contribution in [0.4, 0.5) is 5.69 Å². The van der Waals surface area contributed by atoms with Crippen molar-refractivity contribution >= 4 is 32.5 Å². The van der Waals surface area contributed by atoms with Gasteiger partial charge in [0.05, 0.1) is 11.2 Å². The summed E-state index contributed by atoms with van der Waals surface area (Å²) in [6, 6.07) is 6.10. The van der Waals surface area contributed by atoms with Gasteiger partial charge in [0.15, 0.2) is 0 Å². The van der Waals surface area contributed by atoms with Gasteiger partial charge in [-0.25, -0.2) is 0 Å². The van der Waals surface area contributed by atoms with Crippen molar-refractivity contribution in [2.75, 3.05) is 5.43 Å². The van der Waals surface area contributed by atoms with Gasteiger partial charge in [0, 0.05) is 15.6 Å². The minimum atomic E-state index is 0.374. The Kier molecular flexibility index (Phi) is 3.35. The van der Waals surface area contributed by atoms with Gasteiger partial charge in [0.1, 0.15) is 0 Å². The van der Waals surface area contributed by atoms with Crippen LogP contribution in [0.5, 0.6) is 0 Å². The molecular formula is C13H16BrN3. The van der Waals surface area contributed by atoms with Gasteiger partial charge in [-0.3, -0.25) is 10.8 Å². The van der Waals surface area contributed by atoms with E-state index in [-0.39, 0.29) is 0 Å². The lowest BCUT2D eigenvalue weighted by Gasteiger charge is -2.13. The molecule has 0 saturated heterocycles. The highest BCUT2D eigenvalue weighted by molar-refractivity contribution is 9.10. The molecule has 0 fully saturated rings. The minimum Gasteiger partial charge on any atom is -0.323 e. The number of fused-ring (bicyclic) bond motifs is 1. The molecule has 0 spiro atoms. The first-order valence-corrected chi connectivity index (χ1v) is 6.40. The second kappa shape index (κ2) is 4.63. The van der Waals surface area contributed by atoms with Crippen molar-refractivity contribution in [3.05, 3.63) is 33.9 Å². The van der Waals surface area contributed by atoms with E-state index in [4.69, 9.17) is 10.8 Å². The first-order chi connectivity index (χ1) is 8.04. The van der Waals surface area contributed by atoms with Gasteiger partial charge < -0.3 is 5.43 Å². The lowest BCUT2D eigenvalue weighted by atomic mass is 10.0. The van der Waals surface area contributed by atoms with Crippen molar-refractivity contribution in [3.8, 4) is 0 Å². The molecular weight excluding hydrogens is 278 g/mol. The van der Waals surface area contributed by atoms with E-state index in [1.807, 2.05) is 12.1 Å². The SMILES string of the molecule is Cc1ccc(Br)c2nc(C(C)C)cc(NN)c12. The van der Waals surface area contributed by atoms with Crippen molar-refractivity contribution < 1.29 is 0 Å². The number of hydrogen-bond acceptors (Lipinski definition) is 3. The maximum absolute atomic E-state index is 5.61. The van der Waals surface area contributed by atoms with Crippen LogP contribution < -0.4 is 11.3 Å². The van der Waals surface area contributed by atoms with Gasteiger partial charge in [-0.2, -0.15) is 0 Å². The quantitative estimate of drug-likeness (QED) is 0.655. The predicted molar refractivity (Wildman–Crippen MR) is 76.1 cm³/mol.